The summed E-state index contributed by atoms with van der Waals surface area (Å²) >= 11 is 6.22. The van der Waals surface area contributed by atoms with Crippen LogP contribution in [-0.4, -0.2) is 26.1 Å². The topological polar surface area (TPSA) is 64.6 Å². The Morgan fingerprint density at radius 3 is 2.48 bits per heavy atom. The molecule has 0 aromatic heterocycles. The summed E-state index contributed by atoms with van der Waals surface area (Å²) in [6.07, 6.45) is 0.154. The van der Waals surface area contributed by atoms with Crippen molar-refractivity contribution in [2.45, 2.75) is 33.2 Å². The summed E-state index contributed by atoms with van der Waals surface area (Å²) in [5.74, 6) is 0.0542. The first kappa shape index (κ1) is 17.3. The molecule has 5 nitrogen and oxygen atoms in total. The highest BCUT2D eigenvalue weighted by Gasteiger charge is 2.14. The SMILES string of the molecule is COC(=O)CCC(=O)NCc1c(OC)cc(C)c(Cl)c1C. The fraction of sp³-hybridized carbons (Fsp3) is 0.467. The van der Waals surface area contributed by atoms with Gasteiger partial charge in [-0.25, -0.2) is 0 Å². The summed E-state index contributed by atoms with van der Waals surface area (Å²) in [4.78, 5) is 22.7. The summed E-state index contributed by atoms with van der Waals surface area (Å²) in [6.45, 7) is 4.08. The second-order valence-electron chi connectivity index (χ2n) is 4.67. The number of aryl methyl sites for hydroxylation is 1. The van der Waals surface area contributed by atoms with Crippen molar-refractivity contribution >= 4 is 23.5 Å². The highest BCUT2D eigenvalue weighted by molar-refractivity contribution is 6.32. The molecule has 21 heavy (non-hydrogen) atoms. The molecule has 0 radical (unpaired) electrons. The van der Waals surface area contributed by atoms with Crippen LogP contribution in [0.3, 0.4) is 0 Å². The maximum atomic E-state index is 11.7. The molecule has 0 aliphatic heterocycles. The number of hydrogen-bond acceptors (Lipinski definition) is 4. The van der Waals surface area contributed by atoms with Gasteiger partial charge in [-0.3, -0.25) is 9.59 Å². The van der Waals surface area contributed by atoms with E-state index >= 15 is 0 Å². The van der Waals surface area contributed by atoms with Crippen LogP contribution in [0.1, 0.15) is 29.5 Å². The van der Waals surface area contributed by atoms with Crippen molar-refractivity contribution in [3.05, 3.63) is 27.8 Å². The zero-order chi connectivity index (χ0) is 16.0. The molecule has 1 aromatic carbocycles. The first-order valence-electron chi connectivity index (χ1n) is 6.56. The van der Waals surface area contributed by atoms with Gasteiger partial charge in [0.1, 0.15) is 5.75 Å². The van der Waals surface area contributed by atoms with Crippen molar-refractivity contribution in [1.82, 2.24) is 5.32 Å². The van der Waals surface area contributed by atoms with Gasteiger partial charge in [-0.2, -0.15) is 0 Å². The van der Waals surface area contributed by atoms with Gasteiger partial charge in [0.25, 0.3) is 0 Å². The average Bonchev–Trinajstić information content (AvgIpc) is 2.48. The molecule has 116 valence electrons. The van der Waals surface area contributed by atoms with Crippen molar-refractivity contribution in [1.29, 1.82) is 0 Å². The largest absolute Gasteiger partial charge is 0.496 e. The number of carbonyl (C=O) groups is 2. The lowest BCUT2D eigenvalue weighted by Gasteiger charge is -2.15. The number of carbonyl (C=O) groups excluding carboxylic acids is 2. The number of esters is 1. The monoisotopic (exact) mass is 313 g/mol. The van der Waals surface area contributed by atoms with E-state index in [1.54, 1.807) is 7.11 Å². The molecule has 6 heteroatoms. The van der Waals surface area contributed by atoms with Crippen molar-refractivity contribution in [3.63, 3.8) is 0 Å². The third-order valence-electron chi connectivity index (χ3n) is 3.24. The normalized spacial score (nSPS) is 10.1. The van der Waals surface area contributed by atoms with E-state index in [9.17, 15) is 9.59 Å². The number of halogens is 1. The van der Waals surface area contributed by atoms with Crippen LogP contribution in [0.25, 0.3) is 0 Å². The minimum atomic E-state index is -0.405. The molecule has 1 amide bonds. The highest BCUT2D eigenvalue weighted by atomic mass is 35.5. The van der Waals surface area contributed by atoms with Crippen LogP contribution >= 0.6 is 11.6 Å². The maximum absolute atomic E-state index is 11.7. The molecule has 1 N–H and O–H groups in total. The Bertz CT molecular complexity index is 543. The third-order valence-corrected chi connectivity index (χ3v) is 3.82. The minimum Gasteiger partial charge on any atom is -0.496 e. The molecule has 0 heterocycles. The van der Waals surface area contributed by atoms with E-state index in [0.717, 1.165) is 16.7 Å². The Kier molecular flexibility index (Phi) is 6.49. The molecule has 0 spiro atoms. The molecule has 0 unspecified atom stereocenters. The summed E-state index contributed by atoms with van der Waals surface area (Å²) in [6, 6.07) is 1.84. The summed E-state index contributed by atoms with van der Waals surface area (Å²) < 4.78 is 9.82. The summed E-state index contributed by atoms with van der Waals surface area (Å²) in [5.41, 5.74) is 2.63. The van der Waals surface area contributed by atoms with E-state index in [1.807, 2.05) is 19.9 Å². The van der Waals surface area contributed by atoms with Gasteiger partial charge in [0.15, 0.2) is 0 Å². The summed E-state index contributed by atoms with van der Waals surface area (Å²) in [5, 5.41) is 3.42. The number of nitrogens with one attached hydrogen (secondary N) is 1. The average molecular weight is 314 g/mol. The fourth-order valence-corrected chi connectivity index (χ4v) is 2.12. The second kappa shape index (κ2) is 7.88. The molecule has 0 aliphatic carbocycles. The van der Waals surface area contributed by atoms with Crippen molar-refractivity contribution in [2.24, 2.45) is 0 Å². The van der Waals surface area contributed by atoms with Gasteiger partial charge in [-0.1, -0.05) is 11.6 Å². The van der Waals surface area contributed by atoms with Gasteiger partial charge in [0, 0.05) is 23.6 Å². The van der Waals surface area contributed by atoms with E-state index in [-0.39, 0.29) is 18.7 Å². The molecule has 1 rings (SSSR count). The maximum Gasteiger partial charge on any atom is 0.306 e. The fourth-order valence-electron chi connectivity index (χ4n) is 1.95. The number of benzene rings is 1. The van der Waals surface area contributed by atoms with Gasteiger partial charge >= 0.3 is 5.97 Å². The van der Waals surface area contributed by atoms with E-state index in [4.69, 9.17) is 16.3 Å². The minimum absolute atomic E-state index is 0.0626. The van der Waals surface area contributed by atoms with Gasteiger partial charge in [0.2, 0.25) is 5.91 Å². The van der Waals surface area contributed by atoms with Crippen molar-refractivity contribution in [3.8, 4) is 5.75 Å². The van der Waals surface area contributed by atoms with Gasteiger partial charge in [0.05, 0.1) is 20.6 Å². The Labute approximate surface area is 129 Å². The number of methoxy groups -OCH3 is 2. The van der Waals surface area contributed by atoms with Crippen LogP contribution in [0.4, 0.5) is 0 Å². The van der Waals surface area contributed by atoms with Crippen LogP contribution in [0, 0.1) is 13.8 Å². The van der Waals surface area contributed by atoms with Crippen LogP contribution in [0.5, 0.6) is 5.75 Å². The van der Waals surface area contributed by atoms with E-state index in [1.165, 1.54) is 7.11 Å². The van der Waals surface area contributed by atoms with Crippen LogP contribution in [-0.2, 0) is 20.9 Å². The zero-order valence-corrected chi connectivity index (χ0v) is 13.5. The molecule has 0 aliphatic rings. The molecule has 0 bridgehead atoms. The van der Waals surface area contributed by atoms with E-state index < -0.39 is 5.97 Å². The Balaban J connectivity index is 2.73. The number of rotatable bonds is 6. The lowest BCUT2D eigenvalue weighted by molar-refractivity contribution is -0.142. The van der Waals surface area contributed by atoms with Crippen molar-refractivity contribution < 1.29 is 19.1 Å². The first-order chi connectivity index (χ1) is 9.90. The molecule has 0 atom stereocenters. The lowest BCUT2D eigenvalue weighted by atomic mass is 10.0. The molecule has 0 saturated heterocycles. The second-order valence-corrected chi connectivity index (χ2v) is 5.04. The number of hydrogen-bond donors (Lipinski definition) is 1. The molecular weight excluding hydrogens is 294 g/mol. The van der Waals surface area contributed by atoms with Crippen LogP contribution in [0.2, 0.25) is 5.02 Å². The van der Waals surface area contributed by atoms with Gasteiger partial charge in [-0.05, 0) is 31.0 Å². The molecule has 1 aromatic rings. The van der Waals surface area contributed by atoms with Crippen molar-refractivity contribution in [2.75, 3.05) is 14.2 Å². The van der Waals surface area contributed by atoms with Crippen LogP contribution < -0.4 is 10.1 Å². The standard InChI is InChI=1S/C15H20ClNO4/c1-9-7-12(20-3)11(10(2)15(9)16)8-17-13(18)5-6-14(19)21-4/h7H,5-6,8H2,1-4H3,(H,17,18). The Morgan fingerprint density at radius 1 is 1.24 bits per heavy atom. The molecule has 0 saturated carbocycles. The zero-order valence-electron chi connectivity index (χ0n) is 12.7. The predicted octanol–water partition coefficient (Wildman–Crippen LogP) is 2.53. The molecule has 0 fully saturated rings. The Hall–Kier alpha value is -1.75. The lowest BCUT2D eigenvalue weighted by Crippen LogP contribution is -2.24. The van der Waals surface area contributed by atoms with Gasteiger partial charge in [-0.15, -0.1) is 0 Å². The van der Waals surface area contributed by atoms with E-state index in [2.05, 4.69) is 10.1 Å². The highest BCUT2D eigenvalue weighted by Crippen LogP contribution is 2.31. The smallest absolute Gasteiger partial charge is 0.306 e. The quantitative estimate of drug-likeness (QED) is 0.820. The first-order valence-corrected chi connectivity index (χ1v) is 6.94. The van der Waals surface area contributed by atoms with Gasteiger partial charge < -0.3 is 14.8 Å². The summed E-state index contributed by atoms with van der Waals surface area (Å²) in [7, 11) is 2.87. The van der Waals surface area contributed by atoms with Crippen LogP contribution in [0.15, 0.2) is 6.07 Å². The number of amides is 1. The Morgan fingerprint density at radius 2 is 1.90 bits per heavy atom. The molecular formula is C15H20ClNO4. The number of ether oxygens (including phenoxy) is 2. The predicted molar refractivity (Wildman–Crippen MR) is 80.6 cm³/mol. The third kappa shape index (κ3) is 4.63. The van der Waals surface area contributed by atoms with E-state index in [0.29, 0.717) is 17.3 Å².